The number of hydrogen-bond donors (Lipinski definition) is 1. The van der Waals surface area contributed by atoms with Crippen molar-refractivity contribution in [3.63, 3.8) is 0 Å². The molecule has 1 aliphatic heterocycles. The van der Waals surface area contributed by atoms with Gasteiger partial charge in [-0.1, -0.05) is 42.4 Å². The van der Waals surface area contributed by atoms with Gasteiger partial charge in [0.25, 0.3) is 0 Å². The summed E-state index contributed by atoms with van der Waals surface area (Å²) >= 11 is 0. The molecule has 1 fully saturated rings. The first-order valence-electron chi connectivity index (χ1n) is 6.67. The summed E-state index contributed by atoms with van der Waals surface area (Å²) in [4.78, 5) is 17.9. The van der Waals surface area contributed by atoms with Crippen molar-refractivity contribution in [3.05, 3.63) is 30.3 Å². The minimum absolute atomic E-state index is 0.133. The normalized spacial score (nSPS) is 18.2. The fraction of sp³-hybridized carbons (Fsp3) is 0.357. The number of urea groups is 1. The van der Waals surface area contributed by atoms with E-state index in [4.69, 9.17) is 4.52 Å². The van der Waals surface area contributed by atoms with Crippen LogP contribution in [0.25, 0.3) is 11.4 Å². The van der Waals surface area contributed by atoms with Crippen molar-refractivity contribution in [2.75, 3.05) is 18.4 Å². The summed E-state index contributed by atoms with van der Waals surface area (Å²) in [5.74, 6) is 1.01. The van der Waals surface area contributed by atoms with E-state index in [9.17, 15) is 4.79 Å². The molecule has 0 bridgehead atoms. The van der Waals surface area contributed by atoms with Crippen LogP contribution in [-0.2, 0) is 0 Å². The van der Waals surface area contributed by atoms with Gasteiger partial charge in [-0.15, -0.1) is 0 Å². The van der Waals surface area contributed by atoms with E-state index >= 15 is 0 Å². The van der Waals surface area contributed by atoms with E-state index < -0.39 is 0 Å². The van der Waals surface area contributed by atoms with Gasteiger partial charge in [0.1, 0.15) is 0 Å². The highest BCUT2D eigenvalue weighted by molar-refractivity contribution is 5.87. The van der Waals surface area contributed by atoms with Gasteiger partial charge in [0.15, 0.2) is 0 Å². The standard InChI is InChI=1S/C14H16N4O2/c1-10-7-8-18(9-10)14(19)16-13-15-12(17-20-13)11-5-3-2-4-6-11/h2-6,10H,7-9H2,1H3,(H,15,16,17,19). The van der Waals surface area contributed by atoms with Gasteiger partial charge in [0.05, 0.1) is 0 Å². The molecule has 1 aromatic heterocycles. The predicted molar refractivity (Wildman–Crippen MR) is 74.1 cm³/mol. The number of benzene rings is 1. The minimum Gasteiger partial charge on any atom is -0.324 e. The molecule has 6 nitrogen and oxygen atoms in total. The van der Waals surface area contributed by atoms with E-state index in [2.05, 4.69) is 22.4 Å². The Morgan fingerprint density at radius 3 is 2.90 bits per heavy atom. The number of likely N-dealkylation sites (tertiary alicyclic amines) is 1. The van der Waals surface area contributed by atoms with Crippen LogP contribution < -0.4 is 5.32 Å². The first-order valence-corrected chi connectivity index (χ1v) is 6.67. The number of carbonyl (C=O) groups excluding carboxylic acids is 1. The van der Waals surface area contributed by atoms with Crippen molar-refractivity contribution in [2.45, 2.75) is 13.3 Å². The fourth-order valence-electron chi connectivity index (χ4n) is 2.27. The maximum atomic E-state index is 12.0. The zero-order valence-corrected chi connectivity index (χ0v) is 11.2. The second-order valence-corrected chi connectivity index (χ2v) is 5.06. The number of rotatable bonds is 2. The second-order valence-electron chi connectivity index (χ2n) is 5.06. The number of nitrogens with zero attached hydrogens (tertiary/aromatic N) is 3. The Bertz CT molecular complexity index is 596. The van der Waals surface area contributed by atoms with Crippen LogP contribution in [0.3, 0.4) is 0 Å². The highest BCUT2D eigenvalue weighted by atomic mass is 16.5. The Labute approximate surface area is 116 Å². The summed E-state index contributed by atoms with van der Waals surface area (Å²) in [7, 11) is 0. The van der Waals surface area contributed by atoms with Crippen LogP contribution in [0.5, 0.6) is 0 Å². The van der Waals surface area contributed by atoms with E-state index in [1.807, 2.05) is 30.3 Å². The third-order valence-corrected chi connectivity index (χ3v) is 3.38. The van der Waals surface area contributed by atoms with Crippen LogP contribution in [-0.4, -0.2) is 34.2 Å². The lowest BCUT2D eigenvalue weighted by Crippen LogP contribution is -2.32. The zero-order chi connectivity index (χ0) is 13.9. The number of hydrogen-bond acceptors (Lipinski definition) is 4. The maximum Gasteiger partial charge on any atom is 0.329 e. The molecule has 1 saturated heterocycles. The fourth-order valence-corrected chi connectivity index (χ4v) is 2.27. The summed E-state index contributed by atoms with van der Waals surface area (Å²) in [5.41, 5.74) is 0.853. The molecule has 1 aliphatic rings. The molecular formula is C14H16N4O2. The molecule has 0 aliphatic carbocycles. The average Bonchev–Trinajstić information content (AvgIpc) is 3.09. The Kier molecular flexibility index (Phi) is 3.37. The van der Waals surface area contributed by atoms with E-state index in [1.165, 1.54) is 0 Å². The highest BCUT2D eigenvalue weighted by Crippen LogP contribution is 2.19. The van der Waals surface area contributed by atoms with E-state index in [-0.39, 0.29) is 12.0 Å². The molecule has 2 heterocycles. The first kappa shape index (κ1) is 12.7. The molecule has 3 rings (SSSR count). The van der Waals surface area contributed by atoms with Crippen molar-refractivity contribution in [3.8, 4) is 11.4 Å². The van der Waals surface area contributed by atoms with E-state index in [0.717, 1.165) is 25.1 Å². The van der Waals surface area contributed by atoms with Gasteiger partial charge in [-0.3, -0.25) is 5.32 Å². The van der Waals surface area contributed by atoms with Crippen molar-refractivity contribution >= 4 is 12.0 Å². The highest BCUT2D eigenvalue weighted by Gasteiger charge is 2.24. The van der Waals surface area contributed by atoms with Crippen molar-refractivity contribution in [1.29, 1.82) is 0 Å². The van der Waals surface area contributed by atoms with Gasteiger partial charge in [-0.25, -0.2) is 4.79 Å². The Balaban J connectivity index is 1.67. The molecule has 104 valence electrons. The lowest BCUT2D eigenvalue weighted by molar-refractivity contribution is 0.220. The molecule has 20 heavy (non-hydrogen) atoms. The van der Waals surface area contributed by atoms with Gasteiger partial charge >= 0.3 is 12.0 Å². The molecule has 1 N–H and O–H groups in total. The van der Waals surface area contributed by atoms with Gasteiger partial charge in [-0.05, 0) is 12.3 Å². The Morgan fingerprint density at radius 1 is 1.40 bits per heavy atom. The van der Waals surface area contributed by atoms with Gasteiger partial charge in [-0.2, -0.15) is 4.98 Å². The van der Waals surface area contributed by atoms with Gasteiger partial charge in [0, 0.05) is 18.7 Å². The number of aromatic nitrogens is 2. The molecule has 0 radical (unpaired) electrons. The Hall–Kier alpha value is -2.37. The summed E-state index contributed by atoms with van der Waals surface area (Å²) < 4.78 is 5.06. The topological polar surface area (TPSA) is 71.3 Å². The number of nitrogens with one attached hydrogen (secondary N) is 1. The summed E-state index contributed by atoms with van der Waals surface area (Å²) in [6.45, 7) is 3.67. The number of amides is 2. The van der Waals surface area contributed by atoms with Gasteiger partial charge < -0.3 is 9.42 Å². The monoisotopic (exact) mass is 272 g/mol. The molecule has 2 amide bonds. The molecule has 1 unspecified atom stereocenters. The van der Waals surface area contributed by atoms with Crippen LogP contribution in [0.4, 0.5) is 10.8 Å². The first-order chi connectivity index (χ1) is 9.72. The van der Waals surface area contributed by atoms with E-state index in [0.29, 0.717) is 11.7 Å². The van der Waals surface area contributed by atoms with Crippen LogP contribution in [0, 0.1) is 5.92 Å². The number of anilines is 1. The van der Waals surface area contributed by atoms with Gasteiger partial charge in [0.2, 0.25) is 5.82 Å². The summed E-state index contributed by atoms with van der Waals surface area (Å²) in [6.07, 6.45) is 1.03. The molecule has 0 spiro atoms. The molecule has 1 atom stereocenters. The molecule has 6 heteroatoms. The predicted octanol–water partition coefficient (Wildman–Crippen LogP) is 2.61. The van der Waals surface area contributed by atoms with Crippen LogP contribution >= 0.6 is 0 Å². The lowest BCUT2D eigenvalue weighted by Gasteiger charge is -2.14. The van der Waals surface area contributed by atoms with Crippen molar-refractivity contribution < 1.29 is 9.32 Å². The smallest absolute Gasteiger partial charge is 0.324 e. The Morgan fingerprint density at radius 2 is 2.20 bits per heavy atom. The maximum absolute atomic E-state index is 12.0. The summed E-state index contributed by atoms with van der Waals surface area (Å²) in [5, 5.41) is 6.50. The van der Waals surface area contributed by atoms with Crippen molar-refractivity contribution in [2.24, 2.45) is 5.92 Å². The SMILES string of the molecule is CC1CCN(C(=O)Nc2nc(-c3ccccc3)no2)C1. The van der Waals surface area contributed by atoms with Crippen molar-refractivity contribution in [1.82, 2.24) is 15.0 Å². The number of carbonyl (C=O) groups is 1. The molecule has 2 aromatic rings. The van der Waals surface area contributed by atoms with Crippen LogP contribution in [0.2, 0.25) is 0 Å². The third kappa shape index (κ3) is 2.64. The lowest BCUT2D eigenvalue weighted by atomic mass is 10.2. The average molecular weight is 272 g/mol. The summed E-state index contributed by atoms with van der Waals surface area (Å²) in [6, 6.07) is 9.44. The van der Waals surface area contributed by atoms with E-state index in [1.54, 1.807) is 4.90 Å². The second kappa shape index (κ2) is 5.32. The quantitative estimate of drug-likeness (QED) is 0.912. The molecule has 0 saturated carbocycles. The zero-order valence-electron chi connectivity index (χ0n) is 11.2. The third-order valence-electron chi connectivity index (χ3n) is 3.38. The largest absolute Gasteiger partial charge is 0.329 e. The molecule has 1 aromatic carbocycles. The van der Waals surface area contributed by atoms with Crippen LogP contribution in [0.15, 0.2) is 34.9 Å². The molecular weight excluding hydrogens is 256 g/mol. The van der Waals surface area contributed by atoms with Crippen LogP contribution in [0.1, 0.15) is 13.3 Å². The minimum atomic E-state index is -0.183.